The molecule has 2 aromatic carbocycles. The van der Waals surface area contributed by atoms with Gasteiger partial charge in [-0.1, -0.05) is 0 Å². The predicted octanol–water partition coefficient (Wildman–Crippen LogP) is 2.70. The molecule has 1 aliphatic heterocycles. The highest BCUT2D eigenvalue weighted by Gasteiger charge is 2.40. The fourth-order valence-corrected chi connectivity index (χ4v) is 2.65. The number of carbonyl (C=O) groups is 3. The monoisotopic (exact) mass is 381 g/mol. The molecule has 1 atom stereocenters. The third kappa shape index (κ3) is 4.01. The lowest BCUT2D eigenvalue weighted by Gasteiger charge is -2.28. The predicted molar refractivity (Wildman–Crippen MR) is 103 cm³/mol. The molecule has 0 bridgehead atoms. The van der Waals surface area contributed by atoms with Gasteiger partial charge in [0.05, 0.1) is 25.1 Å². The average Bonchev–Trinajstić information content (AvgIpc) is 2.69. The Labute approximate surface area is 161 Å². The quantitative estimate of drug-likeness (QED) is 0.613. The molecule has 8 heteroatoms. The van der Waals surface area contributed by atoms with Crippen LogP contribution in [0.4, 0.5) is 16.2 Å². The summed E-state index contributed by atoms with van der Waals surface area (Å²) in [5.41, 5.74) is 0.882. The highest BCUT2D eigenvalue weighted by molar-refractivity contribution is 6.32. The van der Waals surface area contributed by atoms with E-state index in [1.807, 2.05) is 6.92 Å². The van der Waals surface area contributed by atoms with E-state index >= 15 is 0 Å². The smallest absolute Gasteiger partial charge is 0.335 e. The molecule has 1 N–H and O–H groups in total. The Balaban J connectivity index is 1.80. The first-order chi connectivity index (χ1) is 13.5. The zero-order valence-corrected chi connectivity index (χ0v) is 15.4. The number of methoxy groups -OCH3 is 1. The van der Waals surface area contributed by atoms with Crippen LogP contribution in [0.25, 0.3) is 0 Å². The number of imide groups is 2. The first-order valence-electron chi connectivity index (χ1n) is 8.63. The molecule has 0 unspecified atom stereocenters. The van der Waals surface area contributed by atoms with E-state index in [2.05, 4.69) is 10.3 Å². The largest absolute Gasteiger partial charge is 0.497 e. The number of nitrogens with one attached hydrogen (secondary N) is 1. The average molecular weight is 381 g/mol. The Morgan fingerprint density at radius 1 is 1.04 bits per heavy atom. The van der Waals surface area contributed by atoms with Crippen molar-refractivity contribution in [3.8, 4) is 11.5 Å². The highest BCUT2D eigenvalue weighted by Crippen LogP contribution is 2.24. The maximum Gasteiger partial charge on any atom is 0.335 e. The molecule has 1 saturated heterocycles. The summed E-state index contributed by atoms with van der Waals surface area (Å²) >= 11 is 0. The first kappa shape index (κ1) is 19.1. The zero-order chi connectivity index (χ0) is 20.1. The van der Waals surface area contributed by atoms with Crippen molar-refractivity contribution < 1.29 is 23.9 Å². The van der Waals surface area contributed by atoms with Gasteiger partial charge >= 0.3 is 6.03 Å². The van der Waals surface area contributed by atoms with Crippen LogP contribution in [0.5, 0.6) is 11.5 Å². The van der Waals surface area contributed by atoms with Crippen LogP contribution in [0.3, 0.4) is 0 Å². The maximum atomic E-state index is 12.8. The van der Waals surface area contributed by atoms with Crippen LogP contribution in [0.2, 0.25) is 0 Å². The minimum atomic E-state index is -1.22. The molecule has 0 aromatic heterocycles. The van der Waals surface area contributed by atoms with Crippen molar-refractivity contribution in [3.63, 3.8) is 0 Å². The molecule has 0 aliphatic carbocycles. The van der Waals surface area contributed by atoms with E-state index in [-0.39, 0.29) is 0 Å². The number of aliphatic imine (C=N–C) groups is 1. The van der Waals surface area contributed by atoms with Gasteiger partial charge in [0.2, 0.25) is 5.91 Å². The highest BCUT2D eigenvalue weighted by atomic mass is 16.5. The molecule has 1 heterocycles. The molecule has 8 nitrogen and oxygen atoms in total. The van der Waals surface area contributed by atoms with Crippen molar-refractivity contribution in [1.29, 1.82) is 0 Å². The van der Waals surface area contributed by atoms with E-state index in [1.54, 1.807) is 48.5 Å². The van der Waals surface area contributed by atoms with Gasteiger partial charge in [-0.3, -0.25) is 19.9 Å². The van der Waals surface area contributed by atoms with Gasteiger partial charge < -0.3 is 9.47 Å². The topological polar surface area (TPSA) is 97.3 Å². The Hall–Kier alpha value is -3.68. The molecule has 1 fully saturated rings. The van der Waals surface area contributed by atoms with Gasteiger partial charge in [-0.25, -0.2) is 9.69 Å². The lowest BCUT2D eigenvalue weighted by molar-refractivity contribution is -0.131. The van der Waals surface area contributed by atoms with Gasteiger partial charge in [-0.05, 0) is 55.5 Å². The Kier molecular flexibility index (Phi) is 5.69. The molecule has 4 amide bonds. The summed E-state index contributed by atoms with van der Waals surface area (Å²) in [6, 6.07) is 12.5. The number of carbonyl (C=O) groups excluding carboxylic acids is 3. The van der Waals surface area contributed by atoms with Crippen LogP contribution in [0.1, 0.15) is 6.92 Å². The lowest BCUT2D eigenvalue weighted by Crippen LogP contribution is -2.58. The maximum absolute atomic E-state index is 12.8. The third-order valence-corrected chi connectivity index (χ3v) is 4.05. The van der Waals surface area contributed by atoms with Gasteiger partial charge in [0.1, 0.15) is 11.5 Å². The second-order valence-corrected chi connectivity index (χ2v) is 5.85. The van der Waals surface area contributed by atoms with E-state index in [0.29, 0.717) is 29.5 Å². The number of amides is 4. The second kappa shape index (κ2) is 8.34. The van der Waals surface area contributed by atoms with Crippen molar-refractivity contribution in [2.24, 2.45) is 10.9 Å². The number of nitrogens with zero attached hydrogens (tertiary/aromatic N) is 2. The van der Waals surface area contributed by atoms with Crippen LogP contribution in [0.15, 0.2) is 53.5 Å². The Bertz CT molecular complexity index is 906. The number of ether oxygens (including phenoxy) is 2. The molecule has 28 heavy (non-hydrogen) atoms. The van der Waals surface area contributed by atoms with Crippen LogP contribution in [-0.4, -0.2) is 37.8 Å². The fourth-order valence-electron chi connectivity index (χ4n) is 2.65. The molecular formula is C20H19N3O5. The zero-order valence-electron chi connectivity index (χ0n) is 15.4. The normalized spacial score (nSPS) is 17.0. The number of barbiturate groups is 1. The number of anilines is 1. The molecule has 1 aliphatic rings. The Morgan fingerprint density at radius 3 is 2.29 bits per heavy atom. The summed E-state index contributed by atoms with van der Waals surface area (Å²) < 4.78 is 10.4. The van der Waals surface area contributed by atoms with Gasteiger partial charge in [-0.15, -0.1) is 0 Å². The summed E-state index contributed by atoms with van der Waals surface area (Å²) in [7, 11) is 1.51. The number of hydrogen-bond acceptors (Lipinski definition) is 6. The van der Waals surface area contributed by atoms with Crippen molar-refractivity contribution in [1.82, 2.24) is 5.32 Å². The molecule has 0 radical (unpaired) electrons. The van der Waals surface area contributed by atoms with Gasteiger partial charge in [0.25, 0.3) is 5.91 Å². The van der Waals surface area contributed by atoms with Gasteiger partial charge in [-0.2, -0.15) is 0 Å². The van der Waals surface area contributed by atoms with E-state index in [0.717, 1.165) is 4.90 Å². The van der Waals surface area contributed by atoms with Crippen LogP contribution in [-0.2, 0) is 9.59 Å². The van der Waals surface area contributed by atoms with E-state index in [9.17, 15) is 14.4 Å². The molecule has 144 valence electrons. The number of hydrogen-bond donors (Lipinski definition) is 1. The minimum absolute atomic E-state index is 0.329. The molecule has 3 rings (SSSR count). The third-order valence-electron chi connectivity index (χ3n) is 4.05. The van der Waals surface area contributed by atoms with Crippen LogP contribution >= 0.6 is 0 Å². The molecule has 2 aromatic rings. The number of benzene rings is 2. The Morgan fingerprint density at radius 2 is 1.68 bits per heavy atom. The van der Waals surface area contributed by atoms with Crippen LogP contribution < -0.4 is 19.7 Å². The summed E-state index contributed by atoms with van der Waals surface area (Å²) in [6.07, 6.45) is 1.23. The second-order valence-electron chi connectivity index (χ2n) is 5.85. The van der Waals surface area contributed by atoms with Crippen molar-refractivity contribution in [2.75, 3.05) is 18.6 Å². The van der Waals surface area contributed by atoms with Crippen LogP contribution in [0, 0.1) is 5.92 Å². The molecule has 0 saturated carbocycles. The minimum Gasteiger partial charge on any atom is -0.497 e. The summed E-state index contributed by atoms with van der Waals surface area (Å²) in [6.45, 7) is 2.43. The SMILES string of the molecule is CCOc1ccc(N=C[C@@H]2C(=O)NC(=O)N(c3ccc(OC)cc3)C2=O)cc1. The standard InChI is InChI=1S/C20H19N3O5/c1-3-28-16-8-4-13(5-9-16)21-12-17-18(24)22-20(26)23(19(17)25)14-6-10-15(27-2)11-7-14/h4-12,17H,3H2,1-2H3,(H,22,24,26)/t17-/m1/s1. The van der Waals surface area contributed by atoms with Crippen molar-refractivity contribution in [3.05, 3.63) is 48.5 Å². The van der Waals surface area contributed by atoms with Gasteiger partial charge in [0, 0.05) is 6.21 Å². The summed E-state index contributed by atoms with van der Waals surface area (Å²) in [5, 5.41) is 2.18. The van der Waals surface area contributed by atoms with Crippen molar-refractivity contribution >= 4 is 35.4 Å². The van der Waals surface area contributed by atoms with E-state index < -0.39 is 23.8 Å². The van der Waals surface area contributed by atoms with Crippen molar-refractivity contribution in [2.45, 2.75) is 6.92 Å². The molecule has 0 spiro atoms. The van der Waals surface area contributed by atoms with E-state index in [4.69, 9.17) is 9.47 Å². The number of rotatable bonds is 6. The van der Waals surface area contributed by atoms with Gasteiger partial charge in [0.15, 0.2) is 5.92 Å². The fraction of sp³-hybridized carbons (Fsp3) is 0.200. The summed E-state index contributed by atoms with van der Waals surface area (Å²) in [4.78, 5) is 42.2. The number of urea groups is 1. The molecular weight excluding hydrogens is 362 g/mol. The lowest BCUT2D eigenvalue weighted by atomic mass is 10.1. The van der Waals surface area contributed by atoms with E-state index in [1.165, 1.54) is 13.3 Å². The first-order valence-corrected chi connectivity index (χ1v) is 8.63. The summed E-state index contributed by atoms with van der Waals surface area (Å²) in [5.74, 6) is -1.32.